The van der Waals surface area contributed by atoms with Crippen molar-refractivity contribution < 1.29 is 19.5 Å². The highest BCUT2D eigenvalue weighted by Gasteiger charge is 2.37. The summed E-state index contributed by atoms with van der Waals surface area (Å²) in [5, 5.41) is 11.8. The second kappa shape index (κ2) is 10.8. The van der Waals surface area contributed by atoms with Gasteiger partial charge in [-0.2, -0.15) is 23.5 Å². The molecule has 0 aromatic carbocycles. The summed E-state index contributed by atoms with van der Waals surface area (Å²) in [5.74, 6) is -0.244. The molecule has 3 atom stereocenters. The van der Waals surface area contributed by atoms with E-state index in [9.17, 15) is 19.5 Å². The zero-order valence-corrected chi connectivity index (χ0v) is 15.8. The fourth-order valence-corrected chi connectivity index (χ4v) is 3.61. The highest BCUT2D eigenvalue weighted by molar-refractivity contribution is 7.98. The smallest absolute Gasteiger partial charge is 0.326 e. The van der Waals surface area contributed by atoms with Crippen molar-refractivity contribution >= 4 is 41.3 Å². The van der Waals surface area contributed by atoms with Crippen LogP contribution in [-0.2, 0) is 14.4 Å². The van der Waals surface area contributed by atoms with Crippen molar-refractivity contribution in [2.75, 3.05) is 30.6 Å². The number of amides is 2. The van der Waals surface area contributed by atoms with Crippen LogP contribution in [0.3, 0.4) is 0 Å². The number of aliphatic carboxylic acids is 1. The Labute approximate surface area is 151 Å². The van der Waals surface area contributed by atoms with Crippen molar-refractivity contribution in [2.45, 2.75) is 43.8 Å². The molecule has 0 aromatic heterocycles. The van der Waals surface area contributed by atoms with Crippen LogP contribution in [0.4, 0.5) is 0 Å². The van der Waals surface area contributed by atoms with Gasteiger partial charge in [-0.25, -0.2) is 4.79 Å². The van der Waals surface area contributed by atoms with Crippen LogP contribution in [0.2, 0.25) is 0 Å². The number of hydrogen-bond donors (Lipinski definition) is 3. The predicted octanol–water partition coefficient (Wildman–Crippen LogP) is 0.380. The molecule has 0 unspecified atom stereocenters. The highest BCUT2D eigenvalue weighted by atomic mass is 32.2. The molecule has 0 spiro atoms. The molecule has 1 rings (SSSR count). The molecule has 9 heteroatoms. The van der Waals surface area contributed by atoms with Crippen LogP contribution >= 0.6 is 23.5 Å². The minimum Gasteiger partial charge on any atom is -0.480 e. The van der Waals surface area contributed by atoms with E-state index in [2.05, 4.69) is 5.32 Å². The lowest BCUT2D eigenvalue weighted by Crippen LogP contribution is -2.54. The van der Waals surface area contributed by atoms with Gasteiger partial charge in [0.25, 0.3) is 0 Å². The molecule has 4 N–H and O–H groups in total. The molecule has 2 amide bonds. The van der Waals surface area contributed by atoms with E-state index in [0.717, 1.165) is 12.2 Å². The van der Waals surface area contributed by atoms with Crippen LogP contribution in [0.1, 0.15) is 25.7 Å². The second-order valence-corrected chi connectivity index (χ2v) is 7.73. The van der Waals surface area contributed by atoms with Crippen molar-refractivity contribution in [3.8, 4) is 0 Å². The van der Waals surface area contributed by atoms with E-state index in [4.69, 9.17) is 5.73 Å². The number of nitrogens with two attached hydrogens (primary N) is 1. The number of nitrogens with one attached hydrogen (secondary N) is 1. The standard InChI is InChI=1S/C15H27N3O4S2/c1-23-8-5-10(16)14(20)18-7-3-4-12(18)13(19)17-11(15(21)22)6-9-24-2/h10-12H,3-9,16H2,1-2H3,(H,17,19)(H,21,22)/t10-,11-,12-/m0/s1. The Morgan fingerprint density at radius 1 is 1.25 bits per heavy atom. The van der Waals surface area contributed by atoms with Crippen molar-refractivity contribution in [1.29, 1.82) is 0 Å². The Bertz CT molecular complexity index is 450. The number of likely N-dealkylation sites (tertiary alicyclic amines) is 1. The van der Waals surface area contributed by atoms with E-state index in [1.165, 1.54) is 16.7 Å². The van der Waals surface area contributed by atoms with E-state index in [1.54, 1.807) is 11.8 Å². The number of carbonyl (C=O) groups is 3. The normalized spacial score (nSPS) is 19.8. The van der Waals surface area contributed by atoms with Gasteiger partial charge in [0.2, 0.25) is 11.8 Å². The van der Waals surface area contributed by atoms with Gasteiger partial charge in [0.1, 0.15) is 12.1 Å². The lowest BCUT2D eigenvalue weighted by atomic mass is 10.1. The Kier molecular flexibility index (Phi) is 9.53. The highest BCUT2D eigenvalue weighted by Crippen LogP contribution is 2.19. The van der Waals surface area contributed by atoms with Crippen LogP contribution < -0.4 is 11.1 Å². The number of nitrogens with zero attached hydrogens (tertiary/aromatic N) is 1. The van der Waals surface area contributed by atoms with Gasteiger partial charge in [-0.1, -0.05) is 0 Å². The van der Waals surface area contributed by atoms with Crippen molar-refractivity contribution in [3.63, 3.8) is 0 Å². The maximum Gasteiger partial charge on any atom is 0.326 e. The summed E-state index contributed by atoms with van der Waals surface area (Å²) in [6.07, 6.45) is 6.02. The zero-order chi connectivity index (χ0) is 18.1. The summed E-state index contributed by atoms with van der Waals surface area (Å²) < 4.78 is 0. The Hall–Kier alpha value is -0.930. The number of carboxylic acid groups (broad SMARTS) is 1. The van der Waals surface area contributed by atoms with Crippen LogP contribution in [0.25, 0.3) is 0 Å². The third kappa shape index (κ3) is 6.18. The first kappa shape index (κ1) is 21.1. The van der Waals surface area contributed by atoms with Gasteiger partial charge < -0.3 is 21.1 Å². The van der Waals surface area contributed by atoms with E-state index < -0.39 is 30.0 Å². The molecule has 1 saturated heterocycles. The lowest BCUT2D eigenvalue weighted by Gasteiger charge is -2.27. The predicted molar refractivity (Wildman–Crippen MR) is 98.3 cm³/mol. The van der Waals surface area contributed by atoms with Crippen molar-refractivity contribution in [2.24, 2.45) is 5.73 Å². The topological polar surface area (TPSA) is 113 Å². The molecule has 0 aromatic rings. The molecule has 0 aliphatic carbocycles. The minimum absolute atomic E-state index is 0.224. The second-order valence-electron chi connectivity index (χ2n) is 5.76. The maximum absolute atomic E-state index is 12.5. The number of carbonyl (C=O) groups excluding carboxylic acids is 2. The van der Waals surface area contributed by atoms with Crippen molar-refractivity contribution in [1.82, 2.24) is 10.2 Å². The first-order chi connectivity index (χ1) is 11.4. The Morgan fingerprint density at radius 2 is 1.88 bits per heavy atom. The van der Waals surface area contributed by atoms with Gasteiger partial charge in [0.05, 0.1) is 6.04 Å². The number of hydrogen-bond acceptors (Lipinski definition) is 6. The third-order valence-electron chi connectivity index (χ3n) is 4.01. The average Bonchev–Trinajstić information content (AvgIpc) is 3.04. The molecule has 1 heterocycles. The molecule has 0 radical (unpaired) electrons. The largest absolute Gasteiger partial charge is 0.480 e. The maximum atomic E-state index is 12.5. The average molecular weight is 378 g/mol. The fourth-order valence-electron chi connectivity index (χ4n) is 2.65. The van der Waals surface area contributed by atoms with Crippen LogP contribution in [0.5, 0.6) is 0 Å². The van der Waals surface area contributed by atoms with E-state index >= 15 is 0 Å². The SMILES string of the molecule is CSCC[C@H](NC(=O)[C@@H]1CCCN1C(=O)[C@@H](N)CCSC)C(=O)O. The molecular formula is C15H27N3O4S2. The van der Waals surface area contributed by atoms with Gasteiger partial charge in [-0.05, 0) is 49.7 Å². The first-order valence-corrected chi connectivity index (χ1v) is 10.8. The van der Waals surface area contributed by atoms with Gasteiger partial charge in [0, 0.05) is 6.54 Å². The number of carboxylic acids is 1. The Balaban J connectivity index is 2.67. The van der Waals surface area contributed by atoms with Crippen molar-refractivity contribution in [3.05, 3.63) is 0 Å². The summed E-state index contributed by atoms with van der Waals surface area (Å²) in [4.78, 5) is 37.7. The molecule has 1 fully saturated rings. The molecule has 138 valence electrons. The van der Waals surface area contributed by atoms with Gasteiger partial charge >= 0.3 is 5.97 Å². The zero-order valence-electron chi connectivity index (χ0n) is 14.2. The van der Waals surface area contributed by atoms with Crippen LogP contribution in [0, 0.1) is 0 Å². The molecule has 0 saturated carbocycles. The third-order valence-corrected chi connectivity index (χ3v) is 5.30. The Morgan fingerprint density at radius 3 is 2.46 bits per heavy atom. The van der Waals surface area contributed by atoms with E-state index in [-0.39, 0.29) is 5.91 Å². The lowest BCUT2D eigenvalue weighted by molar-refractivity contribution is -0.144. The summed E-state index contributed by atoms with van der Waals surface area (Å²) in [7, 11) is 0. The van der Waals surface area contributed by atoms with E-state index in [1.807, 2.05) is 12.5 Å². The molecule has 0 bridgehead atoms. The van der Waals surface area contributed by atoms with Crippen LogP contribution in [-0.4, -0.2) is 76.5 Å². The molecule has 7 nitrogen and oxygen atoms in total. The van der Waals surface area contributed by atoms with E-state index in [0.29, 0.717) is 31.6 Å². The summed E-state index contributed by atoms with van der Waals surface area (Å²) in [6.45, 7) is 0.492. The monoisotopic (exact) mass is 377 g/mol. The first-order valence-electron chi connectivity index (χ1n) is 7.99. The minimum atomic E-state index is -1.05. The molecule has 1 aliphatic heterocycles. The summed E-state index contributed by atoms with van der Waals surface area (Å²) in [6, 6.07) is -2.15. The molecule has 24 heavy (non-hydrogen) atoms. The summed E-state index contributed by atoms with van der Waals surface area (Å²) in [5.41, 5.74) is 5.93. The summed E-state index contributed by atoms with van der Waals surface area (Å²) >= 11 is 3.14. The van der Waals surface area contributed by atoms with Gasteiger partial charge in [0.15, 0.2) is 0 Å². The van der Waals surface area contributed by atoms with Crippen LogP contribution in [0.15, 0.2) is 0 Å². The molecule has 1 aliphatic rings. The number of rotatable bonds is 10. The number of thioether (sulfide) groups is 2. The van der Waals surface area contributed by atoms with Gasteiger partial charge in [-0.15, -0.1) is 0 Å². The molecular weight excluding hydrogens is 350 g/mol. The fraction of sp³-hybridized carbons (Fsp3) is 0.800. The quantitative estimate of drug-likeness (QED) is 0.504. The van der Waals surface area contributed by atoms with Gasteiger partial charge in [-0.3, -0.25) is 9.59 Å².